The SMILES string of the molecule is Cc1cc(-n2nc3c(c2-n2ccn(-c4ccc5c(cnn5C)c4)c2=O)[C@@H]2CC[C@H](C3)N2C(=O)c2cc3cc([C@H]4CCOC5(CC5)C4)ccc3n2[C@@]2(c3noc(=O)[nH]3)C[C@@H]2C)cc(C)c1F. The second-order valence-electron chi connectivity index (χ2n) is 19.4. The summed E-state index contributed by atoms with van der Waals surface area (Å²) in [5, 5.41) is 15.7. The van der Waals surface area contributed by atoms with Crippen molar-refractivity contribution in [3.05, 3.63) is 140 Å². The Kier molecular flexibility index (Phi) is 7.95. The van der Waals surface area contributed by atoms with Gasteiger partial charge in [-0.15, -0.1) is 0 Å². The quantitative estimate of drug-likeness (QED) is 0.176. The van der Waals surface area contributed by atoms with Gasteiger partial charge in [0.25, 0.3) is 5.91 Å². The van der Waals surface area contributed by atoms with Gasteiger partial charge in [0.1, 0.15) is 22.9 Å². The molecule has 3 aliphatic heterocycles. The molecule has 1 amide bonds. The van der Waals surface area contributed by atoms with Gasteiger partial charge in [-0.2, -0.15) is 10.2 Å². The van der Waals surface area contributed by atoms with Crippen molar-refractivity contribution in [1.29, 1.82) is 0 Å². The molecule has 1 N–H and O–H groups in total. The summed E-state index contributed by atoms with van der Waals surface area (Å²) < 4.78 is 35.3. The Morgan fingerprint density at radius 3 is 2.45 bits per heavy atom. The summed E-state index contributed by atoms with van der Waals surface area (Å²) in [5.74, 6) is 0.235. The molecule has 16 heteroatoms. The number of aromatic nitrogens is 9. The summed E-state index contributed by atoms with van der Waals surface area (Å²) in [5.41, 5.74) is 6.27. The molecule has 2 saturated carbocycles. The lowest BCUT2D eigenvalue weighted by Crippen LogP contribution is -2.43. The van der Waals surface area contributed by atoms with Crippen molar-refractivity contribution in [3.8, 4) is 17.2 Å². The monoisotopic (exact) mass is 874 g/mol. The number of ether oxygens (including phenoxy) is 1. The highest BCUT2D eigenvalue weighted by atomic mass is 19.1. The number of aromatic amines is 1. The van der Waals surface area contributed by atoms with Crippen molar-refractivity contribution >= 4 is 27.7 Å². The summed E-state index contributed by atoms with van der Waals surface area (Å²) in [4.78, 5) is 47.9. The fourth-order valence-electron chi connectivity index (χ4n) is 11.9. The molecule has 2 bridgehead atoms. The first kappa shape index (κ1) is 38.6. The molecular formula is C49H47FN10O5. The highest BCUT2D eigenvalue weighted by Crippen LogP contribution is 2.57. The number of aryl methyl sites for hydroxylation is 3. The van der Waals surface area contributed by atoms with E-state index in [1.165, 1.54) is 5.56 Å². The molecule has 2 saturated heterocycles. The van der Waals surface area contributed by atoms with Crippen LogP contribution in [0.5, 0.6) is 0 Å². The number of amides is 1. The van der Waals surface area contributed by atoms with E-state index in [4.69, 9.17) is 14.4 Å². The van der Waals surface area contributed by atoms with Crippen LogP contribution in [0.1, 0.15) is 108 Å². The maximum absolute atomic E-state index is 15.8. The van der Waals surface area contributed by atoms with Gasteiger partial charge in [0, 0.05) is 60.4 Å². The van der Waals surface area contributed by atoms with E-state index in [2.05, 4.69) is 44.9 Å². The van der Waals surface area contributed by atoms with E-state index in [-0.39, 0.29) is 35.0 Å². The van der Waals surface area contributed by atoms with Crippen molar-refractivity contribution in [2.24, 2.45) is 13.0 Å². The average Bonchev–Trinajstić information content (AvgIpc) is 3.69. The van der Waals surface area contributed by atoms with Crippen LogP contribution in [0.25, 0.3) is 39.0 Å². The molecule has 4 fully saturated rings. The Morgan fingerprint density at radius 2 is 1.69 bits per heavy atom. The van der Waals surface area contributed by atoms with Gasteiger partial charge < -0.3 is 14.2 Å². The van der Waals surface area contributed by atoms with Gasteiger partial charge in [0.05, 0.1) is 40.4 Å². The fourth-order valence-corrected chi connectivity index (χ4v) is 11.9. The molecule has 0 unspecified atom stereocenters. The molecule has 0 radical (unpaired) electrons. The number of nitrogens with zero attached hydrogens (tertiary/aromatic N) is 9. The second-order valence-corrected chi connectivity index (χ2v) is 19.4. The van der Waals surface area contributed by atoms with E-state index in [1.807, 2.05) is 36.2 Å². The van der Waals surface area contributed by atoms with Crippen molar-refractivity contribution in [1.82, 2.24) is 48.3 Å². The molecule has 2 aliphatic carbocycles. The van der Waals surface area contributed by atoms with Crippen LogP contribution in [0, 0.1) is 25.6 Å². The van der Waals surface area contributed by atoms with Crippen molar-refractivity contribution in [2.75, 3.05) is 6.61 Å². The molecule has 13 rings (SSSR count). The number of imidazole rings is 1. The molecule has 3 aromatic carbocycles. The van der Waals surface area contributed by atoms with Crippen LogP contribution in [0.15, 0.2) is 87.3 Å². The molecule has 5 atom stereocenters. The maximum Gasteiger partial charge on any atom is 0.438 e. The zero-order valence-electron chi connectivity index (χ0n) is 36.5. The third kappa shape index (κ3) is 5.55. The predicted molar refractivity (Wildman–Crippen MR) is 238 cm³/mol. The molecule has 1 spiro atoms. The number of carbonyl (C=O) groups is 1. The van der Waals surface area contributed by atoms with E-state index in [1.54, 1.807) is 63.1 Å². The predicted octanol–water partition coefficient (Wildman–Crippen LogP) is 7.20. The van der Waals surface area contributed by atoms with Gasteiger partial charge in [-0.3, -0.25) is 28.1 Å². The Morgan fingerprint density at radius 1 is 0.908 bits per heavy atom. The second kappa shape index (κ2) is 13.4. The Hall–Kier alpha value is -6.81. The van der Waals surface area contributed by atoms with Crippen LogP contribution < -0.4 is 11.4 Å². The number of carbonyl (C=O) groups excluding carboxylic acids is 1. The van der Waals surface area contributed by atoms with Crippen LogP contribution in [-0.4, -0.2) is 72.5 Å². The fraction of sp³-hybridized carbons (Fsp3) is 0.388. The first-order valence-corrected chi connectivity index (χ1v) is 22.7. The zero-order chi connectivity index (χ0) is 44.3. The van der Waals surface area contributed by atoms with E-state index in [9.17, 15) is 9.59 Å². The lowest BCUT2D eigenvalue weighted by Gasteiger charge is -2.35. The first-order chi connectivity index (χ1) is 31.4. The number of nitrogens with one attached hydrogen (secondary N) is 1. The van der Waals surface area contributed by atoms with Gasteiger partial charge in [0.15, 0.2) is 5.82 Å². The van der Waals surface area contributed by atoms with E-state index >= 15 is 9.18 Å². The highest BCUT2D eigenvalue weighted by Gasteiger charge is 2.60. The third-order valence-electron chi connectivity index (χ3n) is 15.5. The average molecular weight is 875 g/mol. The smallest absolute Gasteiger partial charge is 0.375 e. The lowest BCUT2D eigenvalue weighted by molar-refractivity contribution is -0.0132. The summed E-state index contributed by atoms with van der Waals surface area (Å²) >= 11 is 0. The lowest BCUT2D eigenvalue weighted by atomic mass is 9.87. The number of fused-ring (bicyclic) bond motifs is 6. The Balaban J connectivity index is 0.964. The van der Waals surface area contributed by atoms with Crippen LogP contribution in [0.4, 0.5) is 4.39 Å². The van der Waals surface area contributed by atoms with Gasteiger partial charge >= 0.3 is 11.4 Å². The van der Waals surface area contributed by atoms with Crippen molar-refractivity contribution in [3.63, 3.8) is 0 Å². The molecule has 15 nitrogen and oxygen atoms in total. The van der Waals surface area contributed by atoms with E-state index in [0.717, 1.165) is 71.8 Å². The van der Waals surface area contributed by atoms with Crippen LogP contribution in [0.2, 0.25) is 0 Å². The minimum atomic E-state index is -0.805. The molecule has 8 heterocycles. The number of benzene rings is 3. The van der Waals surface area contributed by atoms with Crippen molar-refractivity contribution in [2.45, 2.75) is 101 Å². The molecular weight excluding hydrogens is 828 g/mol. The van der Waals surface area contributed by atoms with Crippen LogP contribution in [-0.2, 0) is 23.7 Å². The number of rotatable bonds is 7. The largest absolute Gasteiger partial charge is 0.438 e. The number of halogens is 1. The number of hydrogen-bond acceptors (Lipinski definition) is 8. The third-order valence-corrected chi connectivity index (χ3v) is 15.5. The van der Waals surface area contributed by atoms with Crippen LogP contribution in [0.3, 0.4) is 0 Å². The van der Waals surface area contributed by atoms with Crippen molar-refractivity contribution < 1.29 is 18.4 Å². The van der Waals surface area contributed by atoms with Gasteiger partial charge in [0.2, 0.25) is 0 Å². The van der Waals surface area contributed by atoms with E-state index in [0.29, 0.717) is 65.0 Å². The summed E-state index contributed by atoms with van der Waals surface area (Å²) in [7, 11) is 1.88. The van der Waals surface area contributed by atoms with Gasteiger partial charge in [-0.25, -0.2) is 18.7 Å². The molecule has 5 aromatic heterocycles. The van der Waals surface area contributed by atoms with E-state index < -0.39 is 17.3 Å². The minimum Gasteiger partial charge on any atom is -0.375 e. The first-order valence-electron chi connectivity index (χ1n) is 22.7. The normalized spacial score (nSPS) is 24.1. The highest BCUT2D eigenvalue weighted by molar-refractivity contribution is 6.00. The Bertz CT molecular complexity index is 3430. The minimum absolute atomic E-state index is 0.00653. The van der Waals surface area contributed by atoms with Gasteiger partial charge in [-0.05, 0) is 136 Å². The topological polar surface area (TPSA) is 156 Å². The maximum atomic E-state index is 15.8. The zero-order valence-corrected chi connectivity index (χ0v) is 36.5. The number of H-pyrrole nitrogens is 1. The molecule has 5 aliphatic rings. The van der Waals surface area contributed by atoms with Crippen LogP contribution >= 0.6 is 0 Å². The number of hydrogen-bond donors (Lipinski definition) is 1. The van der Waals surface area contributed by atoms with Gasteiger partial charge in [-0.1, -0.05) is 18.1 Å². The summed E-state index contributed by atoms with van der Waals surface area (Å²) in [6, 6.07) is 17.3. The molecule has 8 aromatic rings. The summed E-state index contributed by atoms with van der Waals surface area (Å²) in [6.45, 7) is 6.30. The standard InChI is InChI=1S/C49H47FN10O5/c1-26-17-35(18-27(2)42(26)50)60-43(57-15-14-56(47(57)63)33-6-9-37-32(20-33)25-51-55(37)4)41-36(53-60)22-34-7-10-39(41)58(34)44(61)40-21-31-19-29(30-11-16-64-48(24-30)12-13-48)5-8-38(31)59(40)49(23-28(49)3)45-52-46(62)65-54-45/h5-6,8-9,14-15,17-21,25,28,30,34,39H,7,10-13,16,22-24H2,1-4H3,(H,52,54,62)/t28-,30-,34+,39-,49-/m0/s1. The Labute approximate surface area is 371 Å². The molecule has 330 valence electrons. The summed E-state index contributed by atoms with van der Waals surface area (Å²) in [6.07, 6.45) is 11.9. The molecule has 65 heavy (non-hydrogen) atoms.